The molecule has 0 N–H and O–H groups in total. The maximum atomic E-state index is 4.35. The zero-order valence-electron chi connectivity index (χ0n) is 22.2. The third-order valence-corrected chi connectivity index (χ3v) is 9.36. The molecule has 3 heterocycles. The van der Waals surface area contributed by atoms with Gasteiger partial charge in [0, 0.05) is 17.3 Å². The highest BCUT2D eigenvalue weighted by atomic mass is 32.2. The van der Waals surface area contributed by atoms with Gasteiger partial charge in [0.05, 0.1) is 29.7 Å². The van der Waals surface area contributed by atoms with Crippen molar-refractivity contribution in [2.75, 3.05) is 0 Å². The first-order valence-electron chi connectivity index (χ1n) is 13.0. The highest BCUT2D eigenvalue weighted by Crippen LogP contribution is 2.35. The lowest BCUT2D eigenvalue weighted by Crippen LogP contribution is -2.15. The Morgan fingerprint density at radius 1 is 0.650 bits per heavy atom. The fourth-order valence-corrected chi connectivity index (χ4v) is 6.77. The second-order valence-electron chi connectivity index (χ2n) is 8.79. The van der Waals surface area contributed by atoms with Gasteiger partial charge in [-0.25, -0.2) is 9.36 Å². The maximum absolute atomic E-state index is 4.35. The Kier molecular flexibility index (Phi) is 9.82. The van der Waals surface area contributed by atoms with Crippen LogP contribution in [0.15, 0.2) is 133 Å². The molecule has 6 rings (SSSR count). The van der Waals surface area contributed by atoms with E-state index in [9.17, 15) is 0 Å². The van der Waals surface area contributed by atoms with Crippen LogP contribution < -0.4 is 10.6 Å². The molecular formula is C31H30N7PS. The molecule has 7 nitrogen and oxygen atoms in total. The third-order valence-electron chi connectivity index (χ3n) is 5.94. The molecule has 0 aliphatic heterocycles. The number of nitrogens with zero attached hydrogens (tertiary/aromatic N) is 7. The van der Waals surface area contributed by atoms with E-state index >= 15 is 0 Å². The molecule has 200 valence electrons. The number of thioether (sulfide) groups is 1. The molecular weight excluding hydrogens is 533 g/mol. The number of rotatable bonds is 9. The Hall–Kier alpha value is -4.13. The highest BCUT2D eigenvalue weighted by Gasteiger charge is 2.15. The summed E-state index contributed by atoms with van der Waals surface area (Å²) in [5.74, 6) is 0.816. The largest absolute Gasteiger partial charge is 0.254 e. The van der Waals surface area contributed by atoms with Crippen LogP contribution in [-0.2, 0) is 18.6 Å². The molecule has 3 aromatic carbocycles. The van der Waals surface area contributed by atoms with E-state index in [1.807, 2.05) is 58.2 Å². The molecule has 9 heteroatoms. The van der Waals surface area contributed by atoms with Crippen LogP contribution in [0.1, 0.15) is 12.6 Å². The molecule has 0 unspecified atom stereocenters. The lowest BCUT2D eigenvalue weighted by Gasteiger charge is -2.18. The summed E-state index contributed by atoms with van der Waals surface area (Å²) in [5, 5.41) is 19.4. The van der Waals surface area contributed by atoms with Crippen molar-refractivity contribution >= 4 is 30.3 Å². The van der Waals surface area contributed by atoms with Crippen molar-refractivity contribution in [3.05, 3.63) is 133 Å². The van der Waals surface area contributed by atoms with Crippen LogP contribution in [0, 0.1) is 0 Å². The first-order chi connectivity index (χ1) is 19.8. The molecule has 0 saturated heterocycles. The van der Waals surface area contributed by atoms with Gasteiger partial charge < -0.3 is 0 Å². The average molecular weight is 564 g/mol. The van der Waals surface area contributed by atoms with Gasteiger partial charge in [-0.1, -0.05) is 102 Å². The maximum Gasteiger partial charge on any atom is 0.131 e. The number of pyridine rings is 1. The summed E-state index contributed by atoms with van der Waals surface area (Å²) in [4.78, 5) is 5.60. The molecule has 3 aromatic heterocycles. The highest BCUT2D eigenvalue weighted by molar-refractivity contribution is 7.98. The van der Waals surface area contributed by atoms with Gasteiger partial charge in [0.15, 0.2) is 0 Å². The van der Waals surface area contributed by atoms with E-state index in [0.29, 0.717) is 0 Å². The number of hydrogen-bond acceptors (Lipinski definition) is 6. The van der Waals surface area contributed by atoms with Crippen molar-refractivity contribution in [2.24, 2.45) is 0 Å². The predicted molar refractivity (Wildman–Crippen MR) is 164 cm³/mol. The summed E-state index contributed by atoms with van der Waals surface area (Å²) < 4.78 is 3.80. The smallest absolute Gasteiger partial charge is 0.131 e. The Balaban J connectivity index is 0.000000184. The molecule has 0 amide bonds. The number of aromatic nitrogens is 7. The van der Waals surface area contributed by atoms with Crippen molar-refractivity contribution < 1.29 is 0 Å². The van der Waals surface area contributed by atoms with Gasteiger partial charge in [-0.05, 0) is 49.2 Å². The van der Waals surface area contributed by atoms with Crippen LogP contribution >= 0.6 is 19.7 Å². The summed E-state index contributed by atoms with van der Waals surface area (Å²) in [6.07, 6.45) is 7.48. The molecule has 0 radical (unpaired) electrons. The number of benzene rings is 3. The average Bonchev–Trinajstić information content (AvgIpc) is 3.71. The zero-order chi connectivity index (χ0) is 27.4. The van der Waals surface area contributed by atoms with E-state index in [0.717, 1.165) is 35.7 Å². The molecule has 0 aliphatic carbocycles. The molecule has 0 aliphatic rings. The Morgan fingerprint density at radius 3 is 1.88 bits per heavy atom. The minimum atomic E-state index is -0.543. The van der Waals surface area contributed by atoms with Crippen LogP contribution in [-0.4, -0.2) is 35.0 Å². The lowest BCUT2D eigenvalue weighted by molar-refractivity contribution is 0.698. The minimum Gasteiger partial charge on any atom is -0.254 e. The first-order valence-corrected chi connectivity index (χ1v) is 15.6. The molecule has 0 spiro atoms. The molecule has 0 fully saturated rings. The van der Waals surface area contributed by atoms with Crippen LogP contribution in [0.25, 0.3) is 11.4 Å². The monoisotopic (exact) mass is 563 g/mol. The van der Waals surface area contributed by atoms with E-state index in [1.165, 1.54) is 15.5 Å². The van der Waals surface area contributed by atoms with Gasteiger partial charge >= 0.3 is 0 Å². The van der Waals surface area contributed by atoms with E-state index < -0.39 is 7.92 Å². The van der Waals surface area contributed by atoms with Crippen LogP contribution in [0.2, 0.25) is 0 Å². The Bertz CT molecular complexity index is 1520. The van der Waals surface area contributed by atoms with Crippen molar-refractivity contribution in [2.45, 2.75) is 30.4 Å². The first kappa shape index (κ1) is 27.4. The SMILES string of the molecule is CCc1cn(CSc2ccccc2)nn1.c1ccc(P(Cn2cc(-c3ccccn3)nn2)c2ccccc2)cc1. The van der Waals surface area contributed by atoms with Crippen LogP contribution in [0.3, 0.4) is 0 Å². The lowest BCUT2D eigenvalue weighted by atomic mass is 10.3. The summed E-state index contributed by atoms with van der Waals surface area (Å²) in [5.41, 5.74) is 2.69. The van der Waals surface area contributed by atoms with Crippen LogP contribution in [0.4, 0.5) is 0 Å². The second-order valence-corrected chi connectivity index (χ2v) is 12.0. The summed E-state index contributed by atoms with van der Waals surface area (Å²) in [6, 6.07) is 37.3. The van der Waals surface area contributed by atoms with Crippen molar-refractivity contribution in [1.29, 1.82) is 0 Å². The predicted octanol–water partition coefficient (Wildman–Crippen LogP) is 6.02. The molecule has 0 atom stereocenters. The standard InChI is InChI=1S/C20H17N4P.C11H13N3S/c1-3-9-17(10-4-1)25(18-11-5-2-6-12-18)16-24-15-20(22-23-24)19-13-7-8-14-21-19;1-2-10-8-14(13-12-10)9-15-11-6-4-3-5-7-11/h1-15H,16H2;3-8H,2,9H2,1H3. The molecule has 0 bridgehead atoms. The molecule has 0 saturated carbocycles. The van der Waals surface area contributed by atoms with Gasteiger partial charge in [0.25, 0.3) is 0 Å². The topological polar surface area (TPSA) is 74.3 Å². The second kappa shape index (κ2) is 14.3. The Morgan fingerprint density at radius 2 is 1.27 bits per heavy atom. The number of hydrogen-bond donors (Lipinski definition) is 0. The van der Waals surface area contributed by atoms with Gasteiger partial charge in [-0.15, -0.1) is 22.0 Å². The fourth-order valence-electron chi connectivity index (χ4n) is 3.89. The van der Waals surface area contributed by atoms with Crippen molar-refractivity contribution in [1.82, 2.24) is 35.0 Å². The summed E-state index contributed by atoms with van der Waals surface area (Å²) in [7, 11) is -0.543. The van der Waals surface area contributed by atoms with E-state index in [2.05, 4.69) is 105 Å². The van der Waals surface area contributed by atoms with Gasteiger partial charge in [0.1, 0.15) is 5.69 Å². The Labute approximate surface area is 240 Å². The minimum absolute atomic E-state index is 0.543. The quantitative estimate of drug-likeness (QED) is 0.158. The van der Waals surface area contributed by atoms with Gasteiger partial charge in [0.2, 0.25) is 0 Å². The third kappa shape index (κ3) is 7.72. The molecule has 6 aromatic rings. The zero-order valence-corrected chi connectivity index (χ0v) is 23.9. The van der Waals surface area contributed by atoms with Crippen molar-refractivity contribution in [3.8, 4) is 11.4 Å². The van der Waals surface area contributed by atoms with Crippen LogP contribution in [0.5, 0.6) is 0 Å². The fraction of sp³-hybridized carbons (Fsp3) is 0.129. The summed E-state index contributed by atoms with van der Waals surface area (Å²) >= 11 is 1.76. The van der Waals surface area contributed by atoms with Gasteiger partial charge in [-0.3, -0.25) is 4.98 Å². The van der Waals surface area contributed by atoms with E-state index in [-0.39, 0.29) is 0 Å². The van der Waals surface area contributed by atoms with E-state index in [1.54, 1.807) is 18.0 Å². The van der Waals surface area contributed by atoms with E-state index in [4.69, 9.17) is 0 Å². The molecule has 40 heavy (non-hydrogen) atoms. The number of aryl methyl sites for hydroxylation is 1. The normalized spacial score (nSPS) is 10.8. The van der Waals surface area contributed by atoms with Gasteiger partial charge in [-0.2, -0.15) is 0 Å². The summed E-state index contributed by atoms with van der Waals surface area (Å²) in [6.45, 7) is 2.08. The van der Waals surface area contributed by atoms with Crippen molar-refractivity contribution in [3.63, 3.8) is 0 Å².